The Bertz CT molecular complexity index is 2010. The van der Waals surface area contributed by atoms with Crippen molar-refractivity contribution in [1.82, 2.24) is 0 Å². The highest BCUT2D eigenvalue weighted by Crippen LogP contribution is 2.74. The van der Waals surface area contributed by atoms with E-state index in [9.17, 15) is 0 Å². The van der Waals surface area contributed by atoms with Gasteiger partial charge in [-0.25, -0.2) is 4.90 Å². The van der Waals surface area contributed by atoms with E-state index in [1.165, 1.54) is 12.0 Å². The van der Waals surface area contributed by atoms with Crippen molar-refractivity contribution in [3.05, 3.63) is 156 Å². The van der Waals surface area contributed by atoms with E-state index in [1.54, 1.807) is 38.5 Å². The normalized spacial score (nSPS) is 24.0. The fourth-order valence-electron chi connectivity index (χ4n) is 8.69. The molecular weight excluding hydrogens is 614 g/mol. The van der Waals surface area contributed by atoms with Crippen LogP contribution in [0.3, 0.4) is 0 Å². The highest BCUT2D eigenvalue weighted by atomic mass is 16.5. The van der Waals surface area contributed by atoms with Crippen molar-refractivity contribution in [2.24, 2.45) is 11.8 Å². The number of fused-ring (bicyclic) bond motifs is 5. The number of amides is 2. The maximum Gasteiger partial charge on any atom is 0.239 e. The number of carbonyl (C=O) groups excluding carboxylic acids is 3. The molecule has 1 heterocycles. The molecule has 0 radical (unpaired) electrons. The van der Waals surface area contributed by atoms with E-state index in [0.29, 0.717) is 45.2 Å². The quantitative estimate of drug-likeness (QED) is 0.171. The lowest BCUT2D eigenvalue weighted by molar-refractivity contribution is -0.130. The molecule has 4 atom stereocenters. The van der Waals surface area contributed by atoms with Crippen LogP contribution in [0.1, 0.15) is 22.3 Å². The van der Waals surface area contributed by atoms with Crippen LogP contribution in [0, 0.1) is 11.8 Å². The molecule has 0 aromatic heterocycles. The summed E-state index contributed by atoms with van der Waals surface area (Å²) in [5.74, 6) is -1.44. The Morgan fingerprint density at radius 3 is 1.31 bits per heavy atom. The van der Waals surface area contributed by atoms with Gasteiger partial charge in [-0.1, -0.05) is 97.1 Å². The largest absolute Gasteiger partial charge is 0.497 e. The lowest BCUT2D eigenvalue weighted by Crippen LogP contribution is -2.45. The molecule has 8 rings (SSSR count). The minimum atomic E-state index is -1.52. The van der Waals surface area contributed by atoms with Crippen LogP contribution in [0.5, 0.6) is 17.2 Å². The molecule has 2 bridgehead atoms. The van der Waals surface area contributed by atoms with Crippen LogP contribution < -0.4 is 19.1 Å². The maximum absolute atomic E-state index is 16.1. The molecule has 242 valence electrons. The van der Waals surface area contributed by atoms with Crippen molar-refractivity contribution in [2.45, 2.75) is 10.8 Å². The van der Waals surface area contributed by atoms with Crippen molar-refractivity contribution in [2.75, 3.05) is 26.2 Å². The van der Waals surface area contributed by atoms with Crippen LogP contribution in [0.25, 0.3) is 11.1 Å². The van der Waals surface area contributed by atoms with Crippen molar-refractivity contribution >= 4 is 34.4 Å². The van der Waals surface area contributed by atoms with Crippen LogP contribution in [0.2, 0.25) is 0 Å². The van der Waals surface area contributed by atoms with Gasteiger partial charge < -0.3 is 14.2 Å². The van der Waals surface area contributed by atoms with Crippen LogP contribution >= 0.6 is 0 Å². The van der Waals surface area contributed by atoms with Gasteiger partial charge in [0.15, 0.2) is 5.78 Å². The number of Topliss-reactive ketones (excluding diaryl/α,β-unsaturated/α-hetero) is 1. The second-order valence-corrected chi connectivity index (χ2v) is 12.5. The first-order chi connectivity index (χ1) is 23.9. The highest BCUT2D eigenvalue weighted by Gasteiger charge is 2.82. The number of hydrogen-bond acceptors (Lipinski definition) is 6. The first kappa shape index (κ1) is 30.4. The van der Waals surface area contributed by atoms with Crippen LogP contribution in [-0.4, -0.2) is 38.9 Å². The maximum atomic E-state index is 16.1. The van der Waals surface area contributed by atoms with Crippen molar-refractivity contribution in [3.8, 4) is 17.2 Å². The standard InChI is InChI=1S/C42H33NO6/c1-47-30-22-18-26(19-23-30)34-35(27-20-24-31(48-2)25-21-27)42(29-14-8-5-9-15-29)37-36(41(34,40(42)46)28-12-6-4-7-13-28)38(44)43(39(37)45)32-16-10-11-17-33(32)49-3/h4-25,36-37H,1-3H3/t36-,37-,41+,42+/m0/s1. The SMILES string of the molecule is COc1ccc(C2=C(c3ccc(OC)cc3)[C@@]3(c4ccccc4)C(=O)[C@@]2(c2ccccc2)[C@@H]2C(=O)N(c4ccccc4OC)C(=O)[C@H]23)cc1. The summed E-state index contributed by atoms with van der Waals surface area (Å²) in [6.07, 6.45) is 0. The highest BCUT2D eigenvalue weighted by molar-refractivity contribution is 6.39. The van der Waals surface area contributed by atoms with Gasteiger partial charge in [-0.05, 0) is 69.8 Å². The Hall–Kier alpha value is -5.95. The summed E-state index contributed by atoms with van der Waals surface area (Å²) in [6.45, 7) is 0. The number of methoxy groups -OCH3 is 3. The Morgan fingerprint density at radius 1 is 0.490 bits per heavy atom. The van der Waals surface area contributed by atoms with E-state index in [1.807, 2.05) is 109 Å². The molecule has 49 heavy (non-hydrogen) atoms. The van der Waals surface area contributed by atoms with Crippen LogP contribution in [0.15, 0.2) is 133 Å². The molecule has 1 saturated heterocycles. The molecule has 7 heteroatoms. The number of benzene rings is 5. The first-order valence-electron chi connectivity index (χ1n) is 16.1. The lowest BCUT2D eigenvalue weighted by atomic mass is 9.59. The van der Waals surface area contributed by atoms with Gasteiger partial charge in [-0.2, -0.15) is 0 Å². The number of imide groups is 1. The van der Waals surface area contributed by atoms with Crippen molar-refractivity contribution in [1.29, 1.82) is 0 Å². The molecule has 0 unspecified atom stereocenters. The fourth-order valence-corrected chi connectivity index (χ4v) is 8.69. The minimum absolute atomic E-state index is 0.189. The predicted molar refractivity (Wildman–Crippen MR) is 187 cm³/mol. The zero-order valence-corrected chi connectivity index (χ0v) is 27.3. The lowest BCUT2D eigenvalue weighted by Gasteiger charge is -2.39. The minimum Gasteiger partial charge on any atom is -0.497 e. The van der Waals surface area contributed by atoms with Crippen LogP contribution in [0.4, 0.5) is 5.69 Å². The number of carbonyl (C=O) groups is 3. The molecule has 5 aromatic carbocycles. The third-order valence-electron chi connectivity index (χ3n) is 10.5. The second kappa shape index (κ2) is 11.3. The van der Waals surface area contributed by atoms with E-state index in [4.69, 9.17) is 14.2 Å². The molecule has 7 nitrogen and oxygen atoms in total. The van der Waals surface area contributed by atoms with E-state index in [2.05, 4.69) is 0 Å². The smallest absolute Gasteiger partial charge is 0.239 e. The van der Waals surface area contributed by atoms with Crippen LogP contribution in [-0.2, 0) is 25.2 Å². The predicted octanol–water partition coefficient (Wildman–Crippen LogP) is 6.90. The van der Waals surface area contributed by atoms with E-state index >= 15 is 14.4 Å². The first-order valence-corrected chi connectivity index (χ1v) is 16.1. The molecule has 3 aliphatic rings. The van der Waals surface area contributed by atoms with Gasteiger partial charge in [-0.15, -0.1) is 0 Å². The summed E-state index contributed by atoms with van der Waals surface area (Å²) >= 11 is 0. The molecule has 2 aliphatic carbocycles. The zero-order valence-electron chi connectivity index (χ0n) is 27.3. The fraction of sp³-hybridized carbons (Fsp3) is 0.167. The average Bonchev–Trinajstić information content (AvgIpc) is 3.67. The summed E-state index contributed by atoms with van der Waals surface area (Å²) in [6, 6.07) is 41.1. The van der Waals surface area contributed by atoms with Gasteiger partial charge in [0.05, 0.1) is 49.7 Å². The summed E-state index contributed by atoms with van der Waals surface area (Å²) < 4.78 is 16.7. The third kappa shape index (κ3) is 3.93. The molecule has 2 amide bonds. The average molecular weight is 648 g/mol. The Kier molecular flexibility index (Phi) is 7.03. The summed E-state index contributed by atoms with van der Waals surface area (Å²) in [5.41, 5.74) is 1.55. The molecule has 5 aromatic rings. The second-order valence-electron chi connectivity index (χ2n) is 12.5. The number of rotatable bonds is 8. The Labute approximate surface area is 284 Å². The molecular formula is C42H33NO6. The van der Waals surface area contributed by atoms with E-state index < -0.39 is 34.5 Å². The van der Waals surface area contributed by atoms with Crippen molar-refractivity contribution in [3.63, 3.8) is 0 Å². The Balaban J connectivity index is 1.55. The zero-order chi connectivity index (χ0) is 33.9. The van der Waals surface area contributed by atoms with Gasteiger partial charge in [0.25, 0.3) is 0 Å². The third-order valence-corrected chi connectivity index (χ3v) is 10.5. The molecule has 1 aliphatic heterocycles. The van der Waals surface area contributed by atoms with Gasteiger partial charge >= 0.3 is 0 Å². The van der Waals surface area contributed by atoms with Crippen molar-refractivity contribution < 1.29 is 28.6 Å². The summed E-state index contributed by atoms with van der Waals surface area (Å²) in [4.78, 5) is 47.7. The molecule has 1 saturated carbocycles. The van der Waals surface area contributed by atoms with Gasteiger partial charge in [0, 0.05) is 0 Å². The monoisotopic (exact) mass is 647 g/mol. The van der Waals surface area contributed by atoms with E-state index in [-0.39, 0.29) is 5.78 Å². The topological polar surface area (TPSA) is 82.1 Å². The van der Waals surface area contributed by atoms with E-state index in [0.717, 1.165) is 11.1 Å². The number of ketones is 1. The van der Waals surface area contributed by atoms with Gasteiger partial charge in [0.1, 0.15) is 17.2 Å². The molecule has 0 N–H and O–H groups in total. The number of para-hydroxylation sites is 2. The summed E-state index contributed by atoms with van der Waals surface area (Å²) in [5, 5.41) is 0. The molecule has 2 fully saturated rings. The summed E-state index contributed by atoms with van der Waals surface area (Å²) in [7, 11) is 4.72. The Morgan fingerprint density at radius 2 is 0.898 bits per heavy atom. The number of allylic oxidation sites excluding steroid dienone is 2. The van der Waals surface area contributed by atoms with Gasteiger partial charge in [-0.3, -0.25) is 14.4 Å². The number of ether oxygens (including phenoxy) is 3. The van der Waals surface area contributed by atoms with Gasteiger partial charge in [0.2, 0.25) is 11.8 Å². The number of nitrogens with zero attached hydrogens (tertiary/aromatic N) is 1. The number of anilines is 1. The molecule has 0 spiro atoms. The number of hydrogen-bond donors (Lipinski definition) is 0.